The number of aliphatic hydroxyl groups is 1. The van der Waals surface area contributed by atoms with Crippen molar-refractivity contribution >= 4 is 30.5 Å². The second-order valence-corrected chi connectivity index (χ2v) is 12.0. The first kappa shape index (κ1) is 31.2. The molecule has 1 unspecified atom stereocenters. The van der Waals surface area contributed by atoms with Crippen LogP contribution in [0.15, 0.2) is 47.4 Å². The van der Waals surface area contributed by atoms with Crippen LogP contribution in [0.2, 0.25) is 0 Å². The number of esters is 1. The fourth-order valence-electron chi connectivity index (χ4n) is 4.41. The maximum Gasteiger partial charge on any atom is 0.380 e. The molecule has 0 amide bonds. The lowest BCUT2D eigenvalue weighted by Gasteiger charge is -2.25. The molecule has 4 rings (SSSR count). The number of aromatic nitrogens is 3. The first-order chi connectivity index (χ1) is 19.9. The number of nitrogens with two attached hydrogens (primary N) is 1. The van der Waals surface area contributed by atoms with Crippen molar-refractivity contribution in [2.75, 3.05) is 25.2 Å². The van der Waals surface area contributed by atoms with Gasteiger partial charge in [0.2, 0.25) is 11.6 Å². The van der Waals surface area contributed by atoms with E-state index < -0.39 is 74.7 Å². The molecule has 15 heteroatoms. The minimum absolute atomic E-state index is 0.0471. The van der Waals surface area contributed by atoms with Gasteiger partial charge >= 0.3 is 13.6 Å². The van der Waals surface area contributed by atoms with E-state index in [4.69, 9.17) is 24.3 Å². The number of H-pyrrole nitrogens is 1. The van der Waals surface area contributed by atoms with Gasteiger partial charge < -0.3 is 29.4 Å². The van der Waals surface area contributed by atoms with Crippen molar-refractivity contribution in [3.63, 3.8) is 0 Å². The van der Waals surface area contributed by atoms with Crippen molar-refractivity contribution in [3.8, 4) is 17.6 Å². The Morgan fingerprint density at radius 2 is 2.02 bits per heavy atom. The second-order valence-electron chi connectivity index (χ2n) is 9.97. The molecule has 1 aliphatic heterocycles. The summed E-state index contributed by atoms with van der Waals surface area (Å²) in [6.07, 6.45) is -4.81. The normalized spacial score (nSPS) is 24.1. The summed E-state index contributed by atoms with van der Waals surface area (Å²) in [7, 11) is -4.16. The molecule has 42 heavy (non-hydrogen) atoms. The van der Waals surface area contributed by atoms with Crippen molar-refractivity contribution in [3.05, 3.63) is 52.9 Å². The van der Waals surface area contributed by atoms with Crippen LogP contribution in [0.4, 0.5) is 14.7 Å². The number of hydrogen-bond donors (Lipinski definition) is 3. The lowest BCUT2D eigenvalue weighted by atomic mass is 9.96. The minimum Gasteiger partial charge on any atom is -0.463 e. The van der Waals surface area contributed by atoms with E-state index >= 15 is 4.39 Å². The molecule has 1 saturated heterocycles. The van der Waals surface area contributed by atoms with E-state index in [-0.39, 0.29) is 22.7 Å². The number of rotatable bonds is 10. The van der Waals surface area contributed by atoms with E-state index in [1.165, 1.54) is 31.3 Å². The van der Waals surface area contributed by atoms with Crippen molar-refractivity contribution in [2.45, 2.75) is 51.0 Å². The summed E-state index contributed by atoms with van der Waals surface area (Å²) in [5.41, 5.74) is 2.07. The molecule has 0 radical (unpaired) electrons. The summed E-state index contributed by atoms with van der Waals surface area (Å²) >= 11 is 0. The predicted molar refractivity (Wildman–Crippen MR) is 148 cm³/mol. The number of alkyl halides is 2. The highest BCUT2D eigenvalue weighted by atomic mass is 31.2. The van der Waals surface area contributed by atoms with E-state index in [9.17, 15) is 23.7 Å². The Balaban J connectivity index is 1.63. The smallest absolute Gasteiger partial charge is 0.380 e. The third kappa shape index (κ3) is 6.65. The van der Waals surface area contributed by atoms with Crippen LogP contribution in [0, 0.1) is 17.8 Å². The van der Waals surface area contributed by atoms with Gasteiger partial charge in [-0.05, 0) is 32.0 Å². The first-order valence-electron chi connectivity index (χ1n) is 13.0. The highest BCUT2D eigenvalue weighted by molar-refractivity contribution is 7.54. The molecule has 226 valence electrons. The molecule has 0 bridgehead atoms. The molecule has 0 saturated carbocycles. The number of fused-ring (bicyclic) bond motifs is 1. The summed E-state index contributed by atoms with van der Waals surface area (Å²) in [4.78, 5) is 31.1. The Morgan fingerprint density at radius 1 is 1.31 bits per heavy atom. The van der Waals surface area contributed by atoms with E-state index in [1.807, 2.05) is 5.92 Å². The van der Waals surface area contributed by atoms with Gasteiger partial charge in [-0.1, -0.05) is 37.0 Å². The van der Waals surface area contributed by atoms with Crippen LogP contribution < -0.4 is 15.8 Å². The Kier molecular flexibility index (Phi) is 9.37. The number of carbonyl (C=O) groups is 1. The lowest BCUT2D eigenvalue weighted by Crippen LogP contribution is -2.42. The zero-order chi connectivity index (χ0) is 30.7. The summed E-state index contributed by atoms with van der Waals surface area (Å²) in [6, 6.07) is 9.38. The molecule has 3 heterocycles. The fourth-order valence-corrected chi connectivity index (χ4v) is 6.28. The number of nitrogen functional groups attached to an aromatic ring is 1. The van der Waals surface area contributed by atoms with Gasteiger partial charge in [-0.3, -0.25) is 19.1 Å². The lowest BCUT2D eigenvalue weighted by molar-refractivity contribution is -0.151. The largest absolute Gasteiger partial charge is 0.463 e. The molecule has 1 aliphatic rings. The van der Waals surface area contributed by atoms with E-state index in [0.717, 1.165) is 4.57 Å². The van der Waals surface area contributed by atoms with Gasteiger partial charge in [0.25, 0.3) is 5.56 Å². The SMILES string of the molecule is CC(C)OC(=O)[C@H](C)C[P@](=O)(OC[C@H]1O[C@@H](n2ccc3c(=O)[nH]c(N)nc32)C(F)(C#CCF)[C@H]1O)Oc1ccccc1. The topological polar surface area (TPSA) is 168 Å². The van der Waals surface area contributed by atoms with Crippen LogP contribution in [0.5, 0.6) is 5.75 Å². The first-order valence-corrected chi connectivity index (χ1v) is 14.7. The number of para-hydroxylation sites is 1. The monoisotopic (exact) mass is 608 g/mol. The molecular formula is C27H31F2N4O8P. The Hall–Kier alpha value is -3.76. The number of nitrogens with one attached hydrogen (secondary N) is 1. The number of aromatic amines is 1. The van der Waals surface area contributed by atoms with Gasteiger partial charge in [0.05, 0.1) is 30.2 Å². The van der Waals surface area contributed by atoms with E-state index in [2.05, 4.69) is 15.9 Å². The molecular weight excluding hydrogens is 577 g/mol. The second kappa shape index (κ2) is 12.6. The van der Waals surface area contributed by atoms with E-state index in [0.29, 0.717) is 0 Å². The molecule has 0 aliphatic carbocycles. The fraction of sp³-hybridized carbons (Fsp3) is 0.444. The maximum atomic E-state index is 16.4. The number of hydrogen-bond acceptors (Lipinski definition) is 10. The van der Waals surface area contributed by atoms with Gasteiger partial charge in [0.1, 0.15) is 24.6 Å². The molecule has 4 N–H and O–H groups in total. The molecule has 1 aromatic carbocycles. The average Bonchev–Trinajstić information content (AvgIpc) is 3.45. The van der Waals surface area contributed by atoms with Gasteiger partial charge in [-0.2, -0.15) is 4.98 Å². The van der Waals surface area contributed by atoms with Gasteiger partial charge in [-0.15, -0.1) is 0 Å². The highest BCUT2D eigenvalue weighted by Crippen LogP contribution is 2.51. The Morgan fingerprint density at radius 3 is 2.69 bits per heavy atom. The standard InChI is InChI=1S/C27H31F2N4O8P/c1-16(2)39-24(36)17(3)15-42(37,41-18-8-5-4-6-9-18)38-14-20-21(34)27(29,11-7-12-28)25(40-20)33-13-10-19-22(33)31-26(30)32-23(19)35/h4-6,8-10,13,16-17,20-21,25,34H,12,14-15H2,1-3H3,(H3,30,31,32,35)/t17-,20-,21+,25-,27?,42+/m1/s1. The zero-order valence-electron chi connectivity index (χ0n) is 23.0. The highest BCUT2D eigenvalue weighted by Gasteiger charge is 2.58. The number of ether oxygens (including phenoxy) is 2. The summed E-state index contributed by atoms with van der Waals surface area (Å²) in [5.74, 6) is 2.42. The molecule has 0 spiro atoms. The molecule has 6 atom stereocenters. The van der Waals surface area contributed by atoms with Gasteiger partial charge in [0.15, 0.2) is 11.9 Å². The van der Waals surface area contributed by atoms with E-state index in [1.54, 1.807) is 32.0 Å². The molecule has 2 aromatic heterocycles. The number of anilines is 1. The maximum absolute atomic E-state index is 16.4. The van der Waals surface area contributed by atoms with Gasteiger partial charge in [-0.25, -0.2) is 13.3 Å². The number of nitrogens with zero attached hydrogens (tertiary/aromatic N) is 2. The predicted octanol–water partition coefficient (Wildman–Crippen LogP) is 3.12. The zero-order valence-corrected chi connectivity index (χ0v) is 23.9. The van der Waals surface area contributed by atoms with Crippen molar-refractivity contribution < 1.29 is 41.8 Å². The van der Waals surface area contributed by atoms with Crippen molar-refractivity contribution in [1.29, 1.82) is 0 Å². The Bertz CT molecular complexity index is 1590. The van der Waals surface area contributed by atoms with Gasteiger partial charge in [0, 0.05) is 6.20 Å². The van der Waals surface area contributed by atoms with Crippen LogP contribution >= 0.6 is 7.60 Å². The third-order valence-corrected chi connectivity index (χ3v) is 8.35. The number of halogens is 2. The van der Waals surface area contributed by atoms with Crippen LogP contribution in [0.25, 0.3) is 11.0 Å². The number of aliphatic hydroxyl groups excluding tert-OH is 1. The van der Waals surface area contributed by atoms with Crippen LogP contribution in [-0.4, -0.2) is 69.0 Å². The van der Waals surface area contributed by atoms with Crippen LogP contribution in [0.3, 0.4) is 0 Å². The van der Waals surface area contributed by atoms with Crippen LogP contribution in [-0.2, 0) is 23.4 Å². The minimum atomic E-state index is -4.16. The third-order valence-electron chi connectivity index (χ3n) is 6.32. The summed E-state index contributed by atoms with van der Waals surface area (Å²) < 4.78 is 66.7. The van der Waals surface area contributed by atoms with Crippen molar-refractivity contribution in [1.82, 2.24) is 14.5 Å². The summed E-state index contributed by atoms with van der Waals surface area (Å²) in [6.45, 7) is 2.93. The summed E-state index contributed by atoms with van der Waals surface area (Å²) in [5, 5.41) is 11.1. The molecule has 1 fully saturated rings. The quantitative estimate of drug-likeness (QED) is 0.177. The molecule has 3 aromatic rings. The Labute approximate surface area is 239 Å². The average molecular weight is 609 g/mol. The van der Waals surface area contributed by atoms with Crippen molar-refractivity contribution in [2.24, 2.45) is 5.92 Å². The van der Waals surface area contributed by atoms with Crippen LogP contribution in [0.1, 0.15) is 27.0 Å². The number of benzene rings is 1. The molecule has 12 nitrogen and oxygen atoms in total. The number of carbonyl (C=O) groups excluding carboxylic acids is 1.